The number of hydrogen-bond donors (Lipinski definition) is 2. The number of urea groups is 1. The molecule has 2 unspecified atom stereocenters. The molecule has 0 aromatic heterocycles. The molecular formula is C16H31N3O2. The van der Waals surface area contributed by atoms with E-state index in [1.165, 1.54) is 19.4 Å². The number of piperidine rings is 2. The zero-order valence-electron chi connectivity index (χ0n) is 13.6. The Morgan fingerprint density at radius 3 is 2.62 bits per heavy atom. The Morgan fingerprint density at radius 1 is 1.19 bits per heavy atom. The number of nitrogens with one attached hydrogen (secondary N) is 1. The van der Waals surface area contributed by atoms with Crippen molar-refractivity contribution in [1.82, 2.24) is 15.1 Å². The monoisotopic (exact) mass is 297 g/mol. The summed E-state index contributed by atoms with van der Waals surface area (Å²) in [5.74, 6) is 0.833. The molecule has 2 saturated heterocycles. The highest BCUT2D eigenvalue weighted by molar-refractivity contribution is 5.74. The summed E-state index contributed by atoms with van der Waals surface area (Å²) in [6.45, 7) is 9.26. The summed E-state index contributed by atoms with van der Waals surface area (Å²) in [5.41, 5.74) is 0. The van der Waals surface area contributed by atoms with Crippen molar-refractivity contribution in [3.8, 4) is 0 Å². The highest BCUT2D eigenvalue weighted by Crippen LogP contribution is 2.18. The van der Waals surface area contributed by atoms with E-state index in [9.17, 15) is 9.90 Å². The van der Waals surface area contributed by atoms with Gasteiger partial charge >= 0.3 is 6.03 Å². The lowest BCUT2D eigenvalue weighted by molar-refractivity contribution is 0.121. The van der Waals surface area contributed by atoms with E-state index < -0.39 is 0 Å². The normalized spacial score (nSPS) is 27.9. The van der Waals surface area contributed by atoms with E-state index in [1.807, 2.05) is 4.90 Å². The SMILES string of the molecule is CC(C)N1CCCC(CNC(=O)N2CCCC(CO)C2)C1. The van der Waals surface area contributed by atoms with E-state index in [-0.39, 0.29) is 18.6 Å². The number of nitrogens with zero attached hydrogens (tertiary/aromatic N) is 2. The lowest BCUT2D eigenvalue weighted by atomic mass is 9.97. The van der Waals surface area contributed by atoms with E-state index in [2.05, 4.69) is 24.1 Å². The Hall–Kier alpha value is -0.810. The van der Waals surface area contributed by atoms with Gasteiger partial charge in [-0.1, -0.05) is 0 Å². The minimum Gasteiger partial charge on any atom is -0.396 e. The largest absolute Gasteiger partial charge is 0.396 e. The Kier molecular flexibility index (Phi) is 6.30. The molecule has 0 aromatic rings. The summed E-state index contributed by atoms with van der Waals surface area (Å²) in [5, 5.41) is 12.3. The highest BCUT2D eigenvalue weighted by Gasteiger charge is 2.25. The average Bonchev–Trinajstić information content (AvgIpc) is 2.53. The van der Waals surface area contributed by atoms with Gasteiger partial charge in [-0.05, 0) is 57.9 Å². The number of rotatable bonds is 4. The van der Waals surface area contributed by atoms with Crippen molar-refractivity contribution in [2.75, 3.05) is 39.3 Å². The molecule has 122 valence electrons. The van der Waals surface area contributed by atoms with Crippen LogP contribution >= 0.6 is 0 Å². The number of carbonyl (C=O) groups is 1. The van der Waals surface area contributed by atoms with Crippen LogP contribution in [0.2, 0.25) is 0 Å². The van der Waals surface area contributed by atoms with Gasteiger partial charge in [0, 0.05) is 38.8 Å². The van der Waals surface area contributed by atoms with Crippen molar-refractivity contribution >= 4 is 6.03 Å². The van der Waals surface area contributed by atoms with Crippen LogP contribution in [0, 0.1) is 11.8 Å². The second-order valence-electron chi connectivity index (χ2n) is 6.92. The molecule has 0 aromatic carbocycles. The molecule has 2 rings (SSSR count). The van der Waals surface area contributed by atoms with Crippen molar-refractivity contribution in [2.24, 2.45) is 11.8 Å². The van der Waals surface area contributed by atoms with Gasteiger partial charge in [0.05, 0.1) is 0 Å². The summed E-state index contributed by atoms with van der Waals surface area (Å²) in [4.78, 5) is 16.6. The first-order chi connectivity index (χ1) is 10.1. The van der Waals surface area contributed by atoms with Crippen LogP contribution in [0.1, 0.15) is 39.5 Å². The van der Waals surface area contributed by atoms with Crippen LogP contribution in [0.3, 0.4) is 0 Å². The van der Waals surface area contributed by atoms with E-state index in [4.69, 9.17) is 0 Å². The molecule has 2 fully saturated rings. The van der Waals surface area contributed by atoms with Gasteiger partial charge in [0.15, 0.2) is 0 Å². The molecule has 2 aliphatic rings. The Labute approximate surface area is 128 Å². The lowest BCUT2D eigenvalue weighted by Crippen LogP contribution is -2.49. The van der Waals surface area contributed by atoms with Gasteiger partial charge < -0.3 is 20.2 Å². The summed E-state index contributed by atoms with van der Waals surface area (Å²) < 4.78 is 0. The molecule has 2 N–H and O–H groups in total. The van der Waals surface area contributed by atoms with E-state index in [0.29, 0.717) is 18.5 Å². The summed E-state index contributed by atoms with van der Waals surface area (Å²) >= 11 is 0. The van der Waals surface area contributed by atoms with Gasteiger partial charge in [0.1, 0.15) is 0 Å². The molecule has 0 radical (unpaired) electrons. The third kappa shape index (κ3) is 4.85. The summed E-state index contributed by atoms with van der Waals surface area (Å²) in [7, 11) is 0. The molecule has 0 spiro atoms. The fourth-order valence-electron chi connectivity index (χ4n) is 3.47. The zero-order valence-corrected chi connectivity index (χ0v) is 13.6. The van der Waals surface area contributed by atoms with Crippen LogP contribution in [0.4, 0.5) is 4.79 Å². The number of likely N-dealkylation sites (tertiary alicyclic amines) is 2. The minimum absolute atomic E-state index is 0.0508. The van der Waals surface area contributed by atoms with Gasteiger partial charge in [0.25, 0.3) is 0 Å². The molecule has 2 atom stereocenters. The molecule has 2 aliphatic heterocycles. The maximum atomic E-state index is 12.2. The second-order valence-corrected chi connectivity index (χ2v) is 6.92. The van der Waals surface area contributed by atoms with Gasteiger partial charge in [-0.3, -0.25) is 0 Å². The first kappa shape index (κ1) is 16.6. The average molecular weight is 297 g/mol. The summed E-state index contributed by atoms with van der Waals surface area (Å²) in [6.07, 6.45) is 4.48. The van der Waals surface area contributed by atoms with Crippen LogP contribution in [-0.4, -0.2) is 66.3 Å². The first-order valence-electron chi connectivity index (χ1n) is 8.47. The molecule has 0 saturated carbocycles. The molecule has 0 bridgehead atoms. The van der Waals surface area contributed by atoms with Gasteiger partial charge in [-0.2, -0.15) is 0 Å². The maximum Gasteiger partial charge on any atom is 0.317 e. The predicted molar refractivity (Wildman–Crippen MR) is 84.2 cm³/mol. The smallest absolute Gasteiger partial charge is 0.317 e. The number of aliphatic hydroxyl groups is 1. The van der Waals surface area contributed by atoms with E-state index >= 15 is 0 Å². The molecule has 5 heteroatoms. The third-order valence-electron chi connectivity index (χ3n) is 4.89. The number of aliphatic hydroxyl groups excluding tert-OH is 1. The third-order valence-corrected chi connectivity index (χ3v) is 4.89. The van der Waals surface area contributed by atoms with Crippen molar-refractivity contribution in [1.29, 1.82) is 0 Å². The minimum atomic E-state index is 0.0508. The Balaban J connectivity index is 1.73. The van der Waals surface area contributed by atoms with Crippen molar-refractivity contribution in [2.45, 2.75) is 45.6 Å². The Morgan fingerprint density at radius 2 is 1.90 bits per heavy atom. The van der Waals surface area contributed by atoms with Gasteiger partial charge in [0.2, 0.25) is 0 Å². The molecule has 21 heavy (non-hydrogen) atoms. The molecular weight excluding hydrogens is 266 g/mol. The highest BCUT2D eigenvalue weighted by atomic mass is 16.3. The lowest BCUT2D eigenvalue weighted by Gasteiger charge is -2.36. The molecule has 2 amide bonds. The van der Waals surface area contributed by atoms with Crippen molar-refractivity contribution in [3.63, 3.8) is 0 Å². The maximum absolute atomic E-state index is 12.2. The van der Waals surface area contributed by atoms with Crippen molar-refractivity contribution < 1.29 is 9.90 Å². The first-order valence-corrected chi connectivity index (χ1v) is 8.47. The van der Waals surface area contributed by atoms with E-state index in [1.54, 1.807) is 0 Å². The fraction of sp³-hybridized carbons (Fsp3) is 0.938. The number of hydrogen-bond acceptors (Lipinski definition) is 3. The number of carbonyl (C=O) groups excluding carboxylic acids is 1. The topological polar surface area (TPSA) is 55.8 Å². The predicted octanol–water partition coefficient (Wildman–Crippen LogP) is 1.52. The quantitative estimate of drug-likeness (QED) is 0.827. The molecule has 2 heterocycles. The molecule has 5 nitrogen and oxygen atoms in total. The van der Waals surface area contributed by atoms with Crippen molar-refractivity contribution in [3.05, 3.63) is 0 Å². The second kappa shape index (κ2) is 7.99. The van der Waals surface area contributed by atoms with Crippen LogP contribution in [-0.2, 0) is 0 Å². The number of amides is 2. The van der Waals surface area contributed by atoms with Gasteiger partial charge in [-0.25, -0.2) is 4.79 Å². The summed E-state index contributed by atoms with van der Waals surface area (Å²) in [6, 6.07) is 0.644. The molecule has 0 aliphatic carbocycles. The van der Waals surface area contributed by atoms with Gasteiger partial charge in [-0.15, -0.1) is 0 Å². The van der Waals surface area contributed by atoms with E-state index in [0.717, 1.165) is 32.5 Å². The van der Waals surface area contributed by atoms with Crippen LogP contribution in [0.25, 0.3) is 0 Å². The zero-order chi connectivity index (χ0) is 15.2. The fourth-order valence-corrected chi connectivity index (χ4v) is 3.47. The standard InChI is InChI=1S/C16H31N3O2/c1-13(2)18-7-3-5-14(10-18)9-17-16(21)19-8-4-6-15(11-19)12-20/h13-15,20H,3-12H2,1-2H3,(H,17,21). The van der Waals surface area contributed by atoms with Crippen LogP contribution < -0.4 is 5.32 Å². The van der Waals surface area contributed by atoms with Crippen LogP contribution in [0.15, 0.2) is 0 Å². The Bertz CT molecular complexity index is 335. The van der Waals surface area contributed by atoms with Crippen LogP contribution in [0.5, 0.6) is 0 Å².